The first kappa shape index (κ1) is 18.5. The highest BCUT2D eigenvalue weighted by Crippen LogP contribution is 2.33. The Hall–Kier alpha value is -3.52. The number of furan rings is 1. The Morgan fingerprint density at radius 3 is 2.70 bits per heavy atom. The van der Waals surface area contributed by atoms with Crippen molar-refractivity contribution < 1.29 is 14.0 Å². The molecule has 0 saturated carbocycles. The van der Waals surface area contributed by atoms with Crippen molar-refractivity contribution in [2.24, 2.45) is 0 Å². The topological polar surface area (TPSA) is 89.2 Å². The lowest BCUT2D eigenvalue weighted by Crippen LogP contribution is -2.31. The molecule has 4 aromatic rings. The first-order chi connectivity index (χ1) is 14.6. The fraction of sp³-hybridized carbons (Fsp3) is 0.136. The lowest BCUT2D eigenvalue weighted by atomic mass is 10.2. The van der Waals surface area contributed by atoms with Gasteiger partial charge in [0.25, 0.3) is 0 Å². The normalized spacial score (nSPS) is 16.6. The van der Waals surface area contributed by atoms with E-state index in [1.54, 1.807) is 12.1 Å². The van der Waals surface area contributed by atoms with Gasteiger partial charge in [-0.25, -0.2) is 9.88 Å². The largest absolute Gasteiger partial charge is 0.454 e. The summed E-state index contributed by atoms with van der Waals surface area (Å²) in [5.74, 6) is 0.0670. The van der Waals surface area contributed by atoms with E-state index in [0.29, 0.717) is 22.3 Å². The molecule has 2 aromatic heterocycles. The number of nitrogens with zero attached hydrogens (tertiary/aromatic N) is 4. The fourth-order valence-corrected chi connectivity index (χ4v) is 4.28. The predicted octanol–water partition coefficient (Wildman–Crippen LogP) is 4.02. The number of thioether (sulfide) groups is 1. The minimum atomic E-state index is -0.591. The molecular weight excluding hydrogens is 400 g/mol. The highest BCUT2D eigenvalue weighted by molar-refractivity contribution is 8.00. The second kappa shape index (κ2) is 7.38. The summed E-state index contributed by atoms with van der Waals surface area (Å²) in [5.41, 5.74) is 2.92. The van der Waals surface area contributed by atoms with E-state index in [1.165, 1.54) is 11.1 Å². The van der Waals surface area contributed by atoms with Crippen LogP contribution < -0.4 is 4.90 Å². The van der Waals surface area contributed by atoms with E-state index in [0.717, 1.165) is 28.3 Å². The lowest BCUT2D eigenvalue weighted by Gasteiger charge is -2.14. The van der Waals surface area contributed by atoms with E-state index in [9.17, 15) is 9.59 Å². The number of imide groups is 1. The van der Waals surface area contributed by atoms with Crippen LogP contribution in [-0.2, 0) is 9.59 Å². The van der Waals surface area contributed by atoms with Crippen LogP contribution >= 0.6 is 11.8 Å². The Balaban J connectivity index is 1.38. The molecule has 0 aliphatic carbocycles. The zero-order valence-corrected chi connectivity index (χ0v) is 16.8. The van der Waals surface area contributed by atoms with Crippen LogP contribution in [0.25, 0.3) is 22.4 Å². The molecule has 1 fully saturated rings. The van der Waals surface area contributed by atoms with Crippen LogP contribution in [0.2, 0.25) is 0 Å². The van der Waals surface area contributed by atoms with Crippen molar-refractivity contribution in [1.29, 1.82) is 0 Å². The third-order valence-electron chi connectivity index (χ3n) is 4.86. The van der Waals surface area contributed by atoms with E-state index in [2.05, 4.69) is 15.2 Å². The molecule has 2 aromatic carbocycles. The van der Waals surface area contributed by atoms with E-state index >= 15 is 0 Å². The molecule has 2 amide bonds. The maximum atomic E-state index is 12.9. The number of aromatic nitrogens is 3. The van der Waals surface area contributed by atoms with Crippen LogP contribution in [0.4, 0.5) is 5.69 Å². The number of hydrogen-bond acceptors (Lipinski definition) is 7. The Morgan fingerprint density at radius 2 is 1.90 bits per heavy atom. The maximum absolute atomic E-state index is 12.9. The van der Waals surface area contributed by atoms with Crippen LogP contribution in [0.1, 0.15) is 12.0 Å². The molecule has 0 spiro atoms. The second-order valence-electron chi connectivity index (χ2n) is 6.99. The molecule has 5 rings (SSSR count). The average molecular weight is 416 g/mol. The van der Waals surface area contributed by atoms with Gasteiger partial charge in [0.2, 0.25) is 17.0 Å². The summed E-state index contributed by atoms with van der Waals surface area (Å²) in [4.78, 5) is 31.1. The van der Waals surface area contributed by atoms with Gasteiger partial charge >= 0.3 is 0 Å². The van der Waals surface area contributed by atoms with Crippen molar-refractivity contribution in [3.63, 3.8) is 0 Å². The molecule has 1 unspecified atom stereocenters. The summed E-state index contributed by atoms with van der Waals surface area (Å²) in [5, 5.41) is 8.73. The van der Waals surface area contributed by atoms with Gasteiger partial charge in [-0.15, -0.1) is 5.10 Å². The van der Waals surface area contributed by atoms with Crippen LogP contribution in [-0.4, -0.2) is 32.2 Å². The number of carbonyl (C=O) groups is 2. The third-order valence-corrected chi connectivity index (χ3v) is 5.90. The van der Waals surface area contributed by atoms with Gasteiger partial charge in [0, 0.05) is 11.8 Å². The molecule has 7 nitrogen and oxygen atoms in total. The van der Waals surface area contributed by atoms with Gasteiger partial charge in [-0.3, -0.25) is 9.59 Å². The van der Waals surface area contributed by atoms with Crippen molar-refractivity contribution in [2.75, 3.05) is 4.90 Å². The number of aryl methyl sites for hydroxylation is 1. The van der Waals surface area contributed by atoms with Gasteiger partial charge in [-0.05, 0) is 31.2 Å². The molecule has 3 heterocycles. The molecule has 1 saturated heterocycles. The standard InChI is InChI=1S/C22H16N4O3S/c1-13-6-8-15(9-7-13)26-20(27)11-19(21(26)28)30-22-24-16(12-23-25-22)18-10-14-4-2-3-5-17(14)29-18/h2-10,12,19H,11H2,1H3. The number of rotatable bonds is 4. The highest BCUT2D eigenvalue weighted by Gasteiger charge is 2.40. The quantitative estimate of drug-likeness (QED) is 0.464. The Bertz CT molecular complexity index is 1240. The zero-order valence-electron chi connectivity index (χ0n) is 16.0. The van der Waals surface area contributed by atoms with Crippen LogP contribution in [0.3, 0.4) is 0 Å². The fourth-order valence-electron chi connectivity index (χ4n) is 3.35. The molecule has 30 heavy (non-hydrogen) atoms. The van der Waals surface area contributed by atoms with E-state index in [1.807, 2.05) is 49.4 Å². The maximum Gasteiger partial charge on any atom is 0.247 e. The molecule has 0 N–H and O–H groups in total. The highest BCUT2D eigenvalue weighted by atomic mass is 32.2. The number of anilines is 1. The summed E-state index contributed by atoms with van der Waals surface area (Å²) in [6, 6.07) is 16.9. The zero-order chi connectivity index (χ0) is 20.7. The van der Waals surface area contributed by atoms with Gasteiger partial charge in [0.1, 0.15) is 16.5 Å². The van der Waals surface area contributed by atoms with Crippen molar-refractivity contribution in [1.82, 2.24) is 15.2 Å². The monoisotopic (exact) mass is 416 g/mol. The summed E-state index contributed by atoms with van der Waals surface area (Å²) in [6.07, 6.45) is 1.61. The van der Waals surface area contributed by atoms with Crippen molar-refractivity contribution in [3.05, 3.63) is 66.4 Å². The van der Waals surface area contributed by atoms with Gasteiger partial charge in [-0.1, -0.05) is 47.7 Å². The van der Waals surface area contributed by atoms with Gasteiger partial charge < -0.3 is 4.42 Å². The third kappa shape index (κ3) is 3.35. The summed E-state index contributed by atoms with van der Waals surface area (Å²) < 4.78 is 5.83. The Kier molecular flexibility index (Phi) is 4.55. The van der Waals surface area contributed by atoms with Crippen LogP contribution in [0, 0.1) is 6.92 Å². The molecule has 8 heteroatoms. The van der Waals surface area contributed by atoms with E-state index in [-0.39, 0.29) is 18.2 Å². The Labute approximate surface area is 176 Å². The first-order valence-electron chi connectivity index (χ1n) is 9.37. The smallest absolute Gasteiger partial charge is 0.247 e. The molecule has 0 bridgehead atoms. The van der Waals surface area contributed by atoms with Crippen molar-refractivity contribution >= 4 is 40.2 Å². The molecule has 0 radical (unpaired) electrons. The van der Waals surface area contributed by atoms with Gasteiger partial charge in [0.15, 0.2) is 5.76 Å². The predicted molar refractivity (Wildman–Crippen MR) is 113 cm³/mol. The summed E-state index contributed by atoms with van der Waals surface area (Å²) >= 11 is 1.14. The number of para-hydroxylation sites is 1. The van der Waals surface area contributed by atoms with E-state index < -0.39 is 5.25 Å². The molecular formula is C22H16N4O3S. The average Bonchev–Trinajstić information content (AvgIpc) is 3.30. The lowest BCUT2D eigenvalue weighted by molar-refractivity contribution is -0.121. The number of carbonyl (C=O) groups excluding carboxylic acids is 2. The molecule has 1 aliphatic rings. The number of fused-ring (bicyclic) bond motifs is 1. The van der Waals surface area contributed by atoms with E-state index in [4.69, 9.17) is 4.42 Å². The number of hydrogen-bond donors (Lipinski definition) is 0. The van der Waals surface area contributed by atoms with Crippen molar-refractivity contribution in [3.8, 4) is 11.5 Å². The van der Waals surface area contributed by atoms with Gasteiger partial charge in [-0.2, -0.15) is 5.10 Å². The molecule has 1 aliphatic heterocycles. The Morgan fingerprint density at radius 1 is 1.10 bits per heavy atom. The minimum absolute atomic E-state index is 0.0929. The van der Waals surface area contributed by atoms with Crippen LogP contribution in [0.15, 0.2) is 70.4 Å². The SMILES string of the molecule is Cc1ccc(N2C(=O)CC(Sc3nncc(-c4cc5ccccc5o4)n3)C2=O)cc1. The van der Waals surface area contributed by atoms with Crippen LogP contribution in [0.5, 0.6) is 0 Å². The van der Waals surface area contributed by atoms with Gasteiger partial charge in [0.05, 0.1) is 11.9 Å². The minimum Gasteiger partial charge on any atom is -0.454 e. The van der Waals surface area contributed by atoms with Crippen molar-refractivity contribution in [2.45, 2.75) is 23.8 Å². The molecule has 1 atom stereocenters. The number of amides is 2. The summed E-state index contributed by atoms with van der Waals surface area (Å²) in [7, 11) is 0. The second-order valence-corrected chi connectivity index (χ2v) is 8.16. The summed E-state index contributed by atoms with van der Waals surface area (Å²) in [6.45, 7) is 1.95. The molecule has 148 valence electrons. The first-order valence-corrected chi connectivity index (χ1v) is 10.3. The number of benzene rings is 2.